The summed E-state index contributed by atoms with van der Waals surface area (Å²) in [6.07, 6.45) is 4.41. The van der Waals surface area contributed by atoms with Gasteiger partial charge >= 0.3 is 0 Å². The Labute approximate surface area is 165 Å². The molecule has 29 heavy (non-hydrogen) atoms. The zero-order valence-corrected chi connectivity index (χ0v) is 15.6. The first-order valence-corrected chi connectivity index (χ1v) is 9.47. The van der Waals surface area contributed by atoms with Crippen molar-refractivity contribution in [1.82, 2.24) is 29.9 Å². The number of nitrogens with one attached hydrogen (secondary N) is 2. The van der Waals surface area contributed by atoms with E-state index >= 15 is 0 Å². The van der Waals surface area contributed by atoms with Gasteiger partial charge in [-0.15, -0.1) is 0 Å². The minimum absolute atomic E-state index is 0.240. The molecule has 144 valence electrons. The molecule has 0 amide bonds. The number of nitriles is 1. The molecule has 0 spiro atoms. The quantitative estimate of drug-likeness (QED) is 0.534. The SMILES string of the molecule is N#Cc1ccn2ncc(-c3ccc4nc(N5CCCNCC5)c(=O)[nH]c4n3)c2c1. The molecule has 0 radical (unpaired) electrons. The van der Waals surface area contributed by atoms with Crippen LogP contribution < -0.4 is 15.8 Å². The summed E-state index contributed by atoms with van der Waals surface area (Å²) >= 11 is 0. The van der Waals surface area contributed by atoms with Gasteiger partial charge in [0.25, 0.3) is 5.56 Å². The molecule has 4 aromatic rings. The van der Waals surface area contributed by atoms with Crippen LogP contribution >= 0.6 is 0 Å². The van der Waals surface area contributed by atoms with Gasteiger partial charge in [-0.25, -0.2) is 14.5 Å². The maximum atomic E-state index is 12.7. The van der Waals surface area contributed by atoms with E-state index in [1.807, 2.05) is 17.0 Å². The number of hydrogen-bond acceptors (Lipinski definition) is 7. The van der Waals surface area contributed by atoms with Gasteiger partial charge in [0.05, 0.1) is 29.0 Å². The van der Waals surface area contributed by atoms with E-state index in [9.17, 15) is 4.79 Å². The van der Waals surface area contributed by atoms with E-state index < -0.39 is 0 Å². The highest BCUT2D eigenvalue weighted by Crippen LogP contribution is 2.25. The average Bonchev–Trinajstić information content (AvgIpc) is 2.97. The monoisotopic (exact) mass is 386 g/mol. The lowest BCUT2D eigenvalue weighted by Crippen LogP contribution is -2.33. The Kier molecular flexibility index (Phi) is 4.18. The van der Waals surface area contributed by atoms with E-state index in [1.165, 1.54) is 0 Å². The zero-order chi connectivity index (χ0) is 19.8. The highest BCUT2D eigenvalue weighted by molar-refractivity contribution is 5.82. The predicted molar refractivity (Wildman–Crippen MR) is 109 cm³/mol. The predicted octanol–water partition coefficient (Wildman–Crippen LogP) is 1.30. The van der Waals surface area contributed by atoms with Crippen LogP contribution in [0.15, 0.2) is 41.5 Å². The number of rotatable bonds is 2. The summed E-state index contributed by atoms with van der Waals surface area (Å²) < 4.78 is 1.69. The molecular formula is C20H18N8O. The largest absolute Gasteiger partial charge is 0.351 e. The van der Waals surface area contributed by atoms with E-state index in [0.717, 1.165) is 43.7 Å². The van der Waals surface area contributed by atoms with Gasteiger partial charge in [0.1, 0.15) is 5.52 Å². The van der Waals surface area contributed by atoms with Crippen LogP contribution in [0.3, 0.4) is 0 Å². The maximum Gasteiger partial charge on any atom is 0.292 e. The molecule has 1 aliphatic heterocycles. The minimum atomic E-state index is -0.240. The molecule has 4 aromatic heterocycles. The van der Waals surface area contributed by atoms with E-state index in [-0.39, 0.29) is 5.56 Å². The van der Waals surface area contributed by atoms with E-state index in [2.05, 4.69) is 31.4 Å². The van der Waals surface area contributed by atoms with Crippen LogP contribution in [0.2, 0.25) is 0 Å². The Morgan fingerprint density at radius 1 is 1.14 bits per heavy atom. The molecule has 9 heteroatoms. The molecule has 0 unspecified atom stereocenters. The minimum Gasteiger partial charge on any atom is -0.351 e. The Bertz CT molecular complexity index is 1310. The zero-order valence-electron chi connectivity index (χ0n) is 15.6. The molecule has 0 bridgehead atoms. The van der Waals surface area contributed by atoms with Crippen LogP contribution in [0.4, 0.5) is 5.82 Å². The van der Waals surface area contributed by atoms with Crippen molar-refractivity contribution in [3.63, 3.8) is 0 Å². The Morgan fingerprint density at radius 2 is 2.07 bits per heavy atom. The molecule has 5 rings (SSSR count). The number of fused-ring (bicyclic) bond motifs is 2. The standard InChI is InChI=1S/C20H18N8O/c21-11-13-4-8-28-17(10-13)14(12-23-28)15-2-3-16-18(24-15)26-20(29)19(25-16)27-7-1-5-22-6-9-27/h2-4,8,10,12,22H,1,5-7,9H2,(H,24,26,29). The van der Waals surface area contributed by atoms with Gasteiger partial charge in [-0.05, 0) is 37.2 Å². The number of aromatic nitrogens is 5. The topological polar surface area (TPSA) is 115 Å². The van der Waals surface area contributed by atoms with Crippen molar-refractivity contribution in [2.24, 2.45) is 0 Å². The molecular weight excluding hydrogens is 368 g/mol. The number of anilines is 1. The lowest BCUT2D eigenvalue weighted by molar-refractivity contribution is 0.724. The second kappa shape index (κ2) is 7.00. The summed E-state index contributed by atoms with van der Waals surface area (Å²) in [7, 11) is 0. The lowest BCUT2D eigenvalue weighted by Gasteiger charge is -2.20. The maximum absolute atomic E-state index is 12.7. The number of H-pyrrole nitrogens is 1. The lowest BCUT2D eigenvalue weighted by atomic mass is 10.1. The summed E-state index contributed by atoms with van der Waals surface area (Å²) in [6.45, 7) is 3.32. The first kappa shape index (κ1) is 17.3. The van der Waals surface area contributed by atoms with Crippen LogP contribution in [-0.2, 0) is 0 Å². The molecule has 1 fully saturated rings. The van der Waals surface area contributed by atoms with Crippen molar-refractivity contribution < 1.29 is 0 Å². The third kappa shape index (κ3) is 3.09. The van der Waals surface area contributed by atoms with Crippen molar-refractivity contribution in [2.45, 2.75) is 6.42 Å². The van der Waals surface area contributed by atoms with Gasteiger partial charge in [0.15, 0.2) is 11.5 Å². The fourth-order valence-electron chi connectivity index (χ4n) is 3.63. The molecule has 1 aliphatic rings. The Balaban J connectivity index is 1.59. The van der Waals surface area contributed by atoms with Gasteiger partial charge in [-0.3, -0.25) is 4.79 Å². The summed E-state index contributed by atoms with van der Waals surface area (Å²) in [5, 5.41) is 16.8. The molecule has 5 heterocycles. The highest BCUT2D eigenvalue weighted by atomic mass is 16.1. The van der Waals surface area contributed by atoms with Gasteiger partial charge < -0.3 is 15.2 Å². The number of aromatic amines is 1. The second-order valence-electron chi connectivity index (χ2n) is 6.96. The van der Waals surface area contributed by atoms with Crippen LogP contribution in [0.5, 0.6) is 0 Å². The van der Waals surface area contributed by atoms with Gasteiger partial charge in [-0.2, -0.15) is 10.4 Å². The van der Waals surface area contributed by atoms with Crippen LogP contribution in [0.25, 0.3) is 27.9 Å². The molecule has 0 aliphatic carbocycles. The van der Waals surface area contributed by atoms with Crippen LogP contribution in [0, 0.1) is 11.3 Å². The fraction of sp³-hybridized carbons (Fsp3) is 0.250. The van der Waals surface area contributed by atoms with E-state index in [4.69, 9.17) is 5.26 Å². The van der Waals surface area contributed by atoms with Crippen LogP contribution in [0.1, 0.15) is 12.0 Å². The normalized spacial score (nSPS) is 14.8. The molecule has 0 saturated carbocycles. The Morgan fingerprint density at radius 3 is 2.97 bits per heavy atom. The smallest absolute Gasteiger partial charge is 0.292 e. The van der Waals surface area contributed by atoms with E-state index in [1.54, 1.807) is 29.0 Å². The van der Waals surface area contributed by atoms with Crippen molar-refractivity contribution >= 4 is 22.5 Å². The fourth-order valence-corrected chi connectivity index (χ4v) is 3.63. The first-order chi connectivity index (χ1) is 14.2. The van der Waals surface area contributed by atoms with Crippen LogP contribution in [-0.4, -0.2) is 50.7 Å². The van der Waals surface area contributed by atoms with Gasteiger partial charge in [0, 0.05) is 31.4 Å². The number of pyridine rings is 2. The van der Waals surface area contributed by atoms with Crippen molar-refractivity contribution in [3.8, 4) is 17.3 Å². The van der Waals surface area contributed by atoms with Crippen molar-refractivity contribution in [1.29, 1.82) is 5.26 Å². The third-order valence-corrected chi connectivity index (χ3v) is 5.10. The summed E-state index contributed by atoms with van der Waals surface area (Å²) in [4.78, 5) is 26.7. The number of nitrogens with zero attached hydrogens (tertiary/aromatic N) is 6. The van der Waals surface area contributed by atoms with E-state index in [0.29, 0.717) is 28.2 Å². The summed E-state index contributed by atoms with van der Waals surface area (Å²) in [5.74, 6) is 0.436. The van der Waals surface area contributed by atoms with Crippen molar-refractivity contribution in [3.05, 3.63) is 52.6 Å². The molecule has 0 atom stereocenters. The Hall–Kier alpha value is -3.77. The molecule has 2 N–H and O–H groups in total. The molecule has 9 nitrogen and oxygen atoms in total. The summed E-state index contributed by atoms with van der Waals surface area (Å²) in [6, 6.07) is 9.33. The molecule has 1 saturated heterocycles. The molecule has 0 aromatic carbocycles. The van der Waals surface area contributed by atoms with Gasteiger partial charge in [0.2, 0.25) is 0 Å². The average molecular weight is 386 g/mol. The summed E-state index contributed by atoms with van der Waals surface area (Å²) in [5.41, 5.74) is 3.59. The van der Waals surface area contributed by atoms with Gasteiger partial charge in [-0.1, -0.05) is 0 Å². The highest BCUT2D eigenvalue weighted by Gasteiger charge is 2.16. The number of hydrogen-bond donors (Lipinski definition) is 2. The second-order valence-corrected chi connectivity index (χ2v) is 6.96. The van der Waals surface area contributed by atoms with Crippen molar-refractivity contribution in [2.75, 3.05) is 31.1 Å². The third-order valence-electron chi connectivity index (χ3n) is 5.10. The first-order valence-electron chi connectivity index (χ1n) is 9.47.